The molecule has 2 aromatic carbocycles. The van der Waals surface area contributed by atoms with E-state index in [2.05, 4.69) is 15.2 Å². The van der Waals surface area contributed by atoms with Gasteiger partial charge >= 0.3 is 0 Å². The maximum absolute atomic E-state index is 6.32. The third-order valence-corrected chi connectivity index (χ3v) is 3.97. The van der Waals surface area contributed by atoms with Crippen LogP contribution in [0, 0.1) is 0 Å². The molecule has 0 amide bonds. The van der Waals surface area contributed by atoms with Gasteiger partial charge in [0.1, 0.15) is 5.52 Å². The predicted molar refractivity (Wildman–Crippen MR) is 90.4 cm³/mol. The van der Waals surface area contributed by atoms with Crippen molar-refractivity contribution in [2.45, 2.75) is 6.04 Å². The van der Waals surface area contributed by atoms with Crippen LogP contribution in [0.25, 0.3) is 11.1 Å². The normalized spacial score (nSPS) is 12.7. The van der Waals surface area contributed by atoms with Gasteiger partial charge in [-0.1, -0.05) is 41.9 Å². The first-order valence-corrected chi connectivity index (χ1v) is 7.53. The molecule has 1 heterocycles. The fraction of sp³-hybridized carbons (Fsp3) is 0.235. The molecule has 22 heavy (non-hydrogen) atoms. The fourth-order valence-corrected chi connectivity index (χ4v) is 2.71. The Kier molecular flexibility index (Phi) is 4.32. The fourth-order valence-electron chi connectivity index (χ4n) is 2.45. The van der Waals surface area contributed by atoms with Crippen LogP contribution in [0.2, 0.25) is 5.02 Å². The first-order valence-electron chi connectivity index (χ1n) is 7.15. The van der Waals surface area contributed by atoms with Gasteiger partial charge in [0.2, 0.25) is 0 Å². The van der Waals surface area contributed by atoms with Crippen molar-refractivity contribution in [3.8, 4) is 0 Å². The van der Waals surface area contributed by atoms with E-state index in [-0.39, 0.29) is 6.04 Å². The van der Waals surface area contributed by atoms with Crippen molar-refractivity contribution in [3.05, 3.63) is 59.1 Å². The molecule has 0 radical (unpaired) electrons. The highest BCUT2D eigenvalue weighted by Crippen LogP contribution is 2.27. The number of benzene rings is 2. The quantitative estimate of drug-likeness (QED) is 0.766. The van der Waals surface area contributed by atoms with E-state index in [4.69, 9.17) is 16.0 Å². The summed E-state index contributed by atoms with van der Waals surface area (Å²) in [6.45, 7) is 0.656. The number of anilines is 1. The molecule has 0 saturated heterocycles. The average molecular weight is 316 g/mol. The van der Waals surface area contributed by atoms with Crippen LogP contribution >= 0.6 is 11.6 Å². The van der Waals surface area contributed by atoms with E-state index in [1.165, 1.54) is 0 Å². The molecule has 114 valence electrons. The zero-order chi connectivity index (χ0) is 15.5. The van der Waals surface area contributed by atoms with Crippen LogP contribution in [-0.4, -0.2) is 30.5 Å². The number of nitrogens with zero attached hydrogens (tertiary/aromatic N) is 2. The van der Waals surface area contributed by atoms with Gasteiger partial charge < -0.3 is 14.6 Å². The van der Waals surface area contributed by atoms with Crippen LogP contribution in [0.4, 0.5) is 6.01 Å². The molecule has 0 aliphatic heterocycles. The summed E-state index contributed by atoms with van der Waals surface area (Å²) in [5.41, 5.74) is 2.71. The number of rotatable bonds is 5. The summed E-state index contributed by atoms with van der Waals surface area (Å²) in [6, 6.07) is 16.3. The Morgan fingerprint density at radius 3 is 2.59 bits per heavy atom. The molecule has 3 aromatic rings. The summed E-state index contributed by atoms with van der Waals surface area (Å²) in [7, 11) is 4.06. The number of para-hydroxylation sites is 2. The highest BCUT2D eigenvalue weighted by Gasteiger charge is 2.17. The maximum atomic E-state index is 6.32. The Labute approximate surface area is 134 Å². The number of halogens is 1. The molecule has 4 nitrogen and oxygen atoms in total. The molecule has 5 heteroatoms. The van der Waals surface area contributed by atoms with E-state index in [0.717, 1.165) is 21.7 Å². The standard InChI is InChI=1S/C17H18ClN3O/c1-21(2)15(12-7-3-4-8-13(12)18)11-19-17-20-14-9-5-6-10-16(14)22-17/h3-10,15H,11H2,1-2H3,(H,19,20)/t15-/m1/s1. The molecule has 0 bridgehead atoms. The van der Waals surface area contributed by atoms with E-state index in [9.17, 15) is 0 Å². The third-order valence-electron chi connectivity index (χ3n) is 3.63. The van der Waals surface area contributed by atoms with Gasteiger partial charge in [-0.3, -0.25) is 0 Å². The van der Waals surface area contributed by atoms with Gasteiger partial charge in [0.15, 0.2) is 5.58 Å². The molecule has 0 unspecified atom stereocenters. The number of likely N-dealkylation sites (N-methyl/N-ethyl adjacent to an activating group) is 1. The minimum absolute atomic E-state index is 0.128. The van der Waals surface area contributed by atoms with Gasteiger partial charge in [0.25, 0.3) is 6.01 Å². The Morgan fingerprint density at radius 2 is 1.86 bits per heavy atom. The summed E-state index contributed by atoms with van der Waals surface area (Å²) in [5.74, 6) is 0. The first kappa shape index (κ1) is 14.9. The summed E-state index contributed by atoms with van der Waals surface area (Å²) in [6.07, 6.45) is 0. The van der Waals surface area contributed by atoms with Crippen molar-refractivity contribution in [3.63, 3.8) is 0 Å². The number of oxazole rings is 1. The van der Waals surface area contributed by atoms with E-state index >= 15 is 0 Å². The van der Waals surface area contributed by atoms with Crippen molar-refractivity contribution in [1.82, 2.24) is 9.88 Å². The molecule has 1 N–H and O–H groups in total. The molecular weight excluding hydrogens is 298 g/mol. The van der Waals surface area contributed by atoms with Crippen LogP contribution < -0.4 is 5.32 Å². The molecule has 0 spiro atoms. The van der Waals surface area contributed by atoms with Gasteiger partial charge in [0, 0.05) is 11.6 Å². The van der Waals surface area contributed by atoms with Gasteiger partial charge in [-0.15, -0.1) is 0 Å². The monoisotopic (exact) mass is 315 g/mol. The highest BCUT2D eigenvalue weighted by molar-refractivity contribution is 6.31. The molecule has 0 aliphatic carbocycles. The Bertz CT molecular complexity index is 736. The second-order valence-corrected chi connectivity index (χ2v) is 5.78. The lowest BCUT2D eigenvalue weighted by Gasteiger charge is -2.25. The number of nitrogens with one attached hydrogen (secondary N) is 1. The molecule has 1 atom stereocenters. The van der Waals surface area contributed by atoms with Crippen LogP contribution in [0.5, 0.6) is 0 Å². The lowest BCUT2D eigenvalue weighted by atomic mass is 10.1. The van der Waals surface area contributed by atoms with E-state index in [1.807, 2.05) is 62.6 Å². The van der Waals surface area contributed by atoms with Gasteiger partial charge in [0.05, 0.1) is 6.04 Å². The largest absolute Gasteiger partial charge is 0.424 e. The lowest BCUT2D eigenvalue weighted by molar-refractivity contribution is 0.310. The van der Waals surface area contributed by atoms with Crippen LogP contribution in [0.3, 0.4) is 0 Å². The lowest BCUT2D eigenvalue weighted by Crippen LogP contribution is -2.27. The average Bonchev–Trinajstić information content (AvgIpc) is 2.91. The number of hydrogen-bond acceptors (Lipinski definition) is 4. The smallest absolute Gasteiger partial charge is 0.295 e. The predicted octanol–water partition coefficient (Wildman–Crippen LogP) is 4.20. The van der Waals surface area contributed by atoms with Crippen molar-refractivity contribution in [1.29, 1.82) is 0 Å². The molecule has 1 aromatic heterocycles. The van der Waals surface area contributed by atoms with E-state index < -0.39 is 0 Å². The number of aromatic nitrogens is 1. The zero-order valence-electron chi connectivity index (χ0n) is 12.6. The van der Waals surface area contributed by atoms with E-state index in [0.29, 0.717) is 12.6 Å². The summed E-state index contributed by atoms with van der Waals surface area (Å²) in [5, 5.41) is 4.03. The highest BCUT2D eigenvalue weighted by atomic mass is 35.5. The molecule has 3 rings (SSSR count). The Balaban J connectivity index is 1.78. The SMILES string of the molecule is CN(C)[C@H](CNc1nc2ccccc2o1)c1ccccc1Cl. The zero-order valence-corrected chi connectivity index (χ0v) is 13.3. The third kappa shape index (κ3) is 3.08. The Hall–Kier alpha value is -2.04. The van der Waals surface area contributed by atoms with Gasteiger partial charge in [-0.05, 0) is 37.9 Å². The molecule has 0 aliphatic rings. The summed E-state index contributed by atoms with van der Waals surface area (Å²) in [4.78, 5) is 6.55. The summed E-state index contributed by atoms with van der Waals surface area (Å²) < 4.78 is 5.69. The minimum atomic E-state index is 0.128. The number of hydrogen-bond donors (Lipinski definition) is 1. The second kappa shape index (κ2) is 6.38. The van der Waals surface area contributed by atoms with Gasteiger partial charge in [-0.25, -0.2) is 0 Å². The minimum Gasteiger partial charge on any atom is -0.424 e. The number of fused-ring (bicyclic) bond motifs is 1. The molecule has 0 saturated carbocycles. The maximum Gasteiger partial charge on any atom is 0.295 e. The first-order chi connectivity index (χ1) is 10.6. The topological polar surface area (TPSA) is 41.3 Å². The summed E-state index contributed by atoms with van der Waals surface area (Å²) >= 11 is 6.32. The van der Waals surface area contributed by atoms with Crippen molar-refractivity contribution in [2.24, 2.45) is 0 Å². The van der Waals surface area contributed by atoms with Crippen molar-refractivity contribution in [2.75, 3.05) is 26.0 Å². The van der Waals surface area contributed by atoms with Crippen molar-refractivity contribution < 1.29 is 4.42 Å². The van der Waals surface area contributed by atoms with Crippen LogP contribution in [0.1, 0.15) is 11.6 Å². The second-order valence-electron chi connectivity index (χ2n) is 5.37. The Morgan fingerprint density at radius 1 is 1.14 bits per heavy atom. The molecule has 0 fully saturated rings. The molecular formula is C17H18ClN3O. The van der Waals surface area contributed by atoms with E-state index in [1.54, 1.807) is 0 Å². The van der Waals surface area contributed by atoms with Crippen LogP contribution in [0.15, 0.2) is 52.9 Å². The van der Waals surface area contributed by atoms with Crippen molar-refractivity contribution >= 4 is 28.7 Å². The van der Waals surface area contributed by atoms with Crippen LogP contribution in [-0.2, 0) is 0 Å². The van der Waals surface area contributed by atoms with Gasteiger partial charge in [-0.2, -0.15) is 4.98 Å².